The van der Waals surface area contributed by atoms with Crippen molar-refractivity contribution >= 4 is 0 Å². The van der Waals surface area contributed by atoms with Gasteiger partial charge >= 0.3 is 0 Å². The molecule has 0 radical (unpaired) electrons. The van der Waals surface area contributed by atoms with Crippen LogP contribution in [0.4, 0.5) is 0 Å². The standard InChI is InChI=1S/C18H23N3/c1-17(2,3)15-11-16(18(4,5)6)21(20-15)14-9-7-8-13(10-14)12-19/h7-11H,1-6H3. The molecule has 0 aliphatic heterocycles. The minimum absolute atomic E-state index is 0.00190. The Morgan fingerprint density at radius 1 is 1.00 bits per heavy atom. The maximum atomic E-state index is 9.09. The van der Waals surface area contributed by atoms with E-state index in [1.54, 1.807) is 0 Å². The van der Waals surface area contributed by atoms with Crippen molar-refractivity contribution in [3.63, 3.8) is 0 Å². The number of rotatable bonds is 1. The van der Waals surface area contributed by atoms with Gasteiger partial charge in [-0.25, -0.2) is 4.68 Å². The van der Waals surface area contributed by atoms with E-state index in [9.17, 15) is 0 Å². The summed E-state index contributed by atoms with van der Waals surface area (Å²) in [6.45, 7) is 13.0. The quantitative estimate of drug-likeness (QED) is 0.780. The fraction of sp³-hybridized carbons (Fsp3) is 0.444. The topological polar surface area (TPSA) is 41.6 Å². The van der Waals surface area contributed by atoms with E-state index < -0.39 is 0 Å². The van der Waals surface area contributed by atoms with Crippen molar-refractivity contribution in [3.05, 3.63) is 47.3 Å². The summed E-state index contributed by atoms with van der Waals surface area (Å²) >= 11 is 0. The lowest BCUT2D eigenvalue weighted by Crippen LogP contribution is -2.17. The lowest BCUT2D eigenvalue weighted by atomic mass is 9.88. The smallest absolute Gasteiger partial charge is 0.0992 e. The van der Waals surface area contributed by atoms with Gasteiger partial charge in [0.2, 0.25) is 0 Å². The van der Waals surface area contributed by atoms with Gasteiger partial charge in [-0.3, -0.25) is 0 Å². The van der Waals surface area contributed by atoms with Crippen molar-refractivity contribution in [2.75, 3.05) is 0 Å². The van der Waals surface area contributed by atoms with Crippen LogP contribution in [0.3, 0.4) is 0 Å². The Hall–Kier alpha value is -2.08. The molecule has 0 atom stereocenters. The van der Waals surface area contributed by atoms with Crippen molar-refractivity contribution in [3.8, 4) is 11.8 Å². The second-order valence-corrected chi connectivity index (χ2v) is 7.49. The molecule has 2 rings (SSSR count). The zero-order valence-corrected chi connectivity index (χ0v) is 13.7. The highest BCUT2D eigenvalue weighted by molar-refractivity contribution is 5.43. The predicted molar refractivity (Wildman–Crippen MR) is 85.7 cm³/mol. The van der Waals surface area contributed by atoms with Crippen molar-refractivity contribution in [2.45, 2.75) is 52.4 Å². The van der Waals surface area contributed by atoms with E-state index >= 15 is 0 Å². The van der Waals surface area contributed by atoms with Crippen LogP contribution in [0.1, 0.15) is 58.5 Å². The van der Waals surface area contributed by atoms with Crippen molar-refractivity contribution in [1.82, 2.24) is 9.78 Å². The predicted octanol–water partition coefficient (Wildman–Crippen LogP) is 4.34. The van der Waals surface area contributed by atoms with Gasteiger partial charge in [0.25, 0.3) is 0 Å². The van der Waals surface area contributed by atoms with Crippen LogP contribution in [0, 0.1) is 11.3 Å². The maximum absolute atomic E-state index is 9.09. The molecular weight excluding hydrogens is 258 g/mol. The highest BCUT2D eigenvalue weighted by Crippen LogP contribution is 2.30. The Labute approximate surface area is 127 Å². The molecule has 0 saturated carbocycles. The van der Waals surface area contributed by atoms with Crippen LogP contribution >= 0.6 is 0 Å². The summed E-state index contributed by atoms with van der Waals surface area (Å²) in [5.41, 5.74) is 3.80. The normalized spacial score (nSPS) is 12.2. The molecular formula is C18H23N3. The Kier molecular flexibility index (Phi) is 3.67. The Morgan fingerprint density at radius 3 is 2.19 bits per heavy atom. The summed E-state index contributed by atoms with van der Waals surface area (Å²) in [6.07, 6.45) is 0. The largest absolute Gasteiger partial charge is 0.237 e. The second kappa shape index (κ2) is 5.04. The van der Waals surface area contributed by atoms with Crippen LogP contribution in [-0.2, 0) is 10.8 Å². The zero-order valence-electron chi connectivity index (χ0n) is 13.7. The van der Waals surface area contributed by atoms with E-state index in [0.717, 1.165) is 17.1 Å². The van der Waals surface area contributed by atoms with Gasteiger partial charge in [0.15, 0.2) is 0 Å². The van der Waals surface area contributed by atoms with E-state index in [0.29, 0.717) is 5.56 Å². The summed E-state index contributed by atoms with van der Waals surface area (Å²) in [7, 11) is 0. The molecule has 3 heteroatoms. The maximum Gasteiger partial charge on any atom is 0.0992 e. The first-order valence-corrected chi connectivity index (χ1v) is 7.24. The number of aromatic nitrogens is 2. The fourth-order valence-corrected chi connectivity index (χ4v) is 2.19. The third-order valence-corrected chi connectivity index (χ3v) is 3.47. The van der Waals surface area contributed by atoms with E-state index in [-0.39, 0.29) is 10.8 Å². The lowest BCUT2D eigenvalue weighted by Gasteiger charge is -2.20. The molecule has 0 fully saturated rings. The molecule has 0 unspecified atom stereocenters. The molecule has 1 aromatic heterocycles. The molecule has 0 spiro atoms. The number of nitriles is 1. The summed E-state index contributed by atoms with van der Waals surface area (Å²) < 4.78 is 1.97. The van der Waals surface area contributed by atoms with Crippen LogP contribution in [0.25, 0.3) is 5.69 Å². The minimum Gasteiger partial charge on any atom is -0.237 e. The van der Waals surface area contributed by atoms with Gasteiger partial charge in [-0.2, -0.15) is 10.4 Å². The van der Waals surface area contributed by atoms with E-state index in [1.807, 2.05) is 28.9 Å². The highest BCUT2D eigenvalue weighted by Gasteiger charge is 2.26. The molecule has 0 saturated heterocycles. The molecule has 21 heavy (non-hydrogen) atoms. The molecule has 110 valence electrons. The molecule has 0 aliphatic rings. The Balaban J connectivity index is 2.67. The first kappa shape index (κ1) is 15.3. The van der Waals surface area contributed by atoms with Gasteiger partial charge in [-0.05, 0) is 24.3 Å². The van der Waals surface area contributed by atoms with Gasteiger partial charge in [-0.15, -0.1) is 0 Å². The van der Waals surface area contributed by atoms with Gasteiger partial charge in [0.1, 0.15) is 0 Å². The first-order valence-electron chi connectivity index (χ1n) is 7.24. The van der Waals surface area contributed by atoms with Crippen LogP contribution in [0.5, 0.6) is 0 Å². The Bertz CT molecular complexity index is 688. The first-order chi connectivity index (χ1) is 9.63. The Morgan fingerprint density at radius 2 is 1.67 bits per heavy atom. The molecule has 0 N–H and O–H groups in total. The van der Waals surface area contributed by atoms with Crippen molar-refractivity contribution in [2.24, 2.45) is 0 Å². The number of benzene rings is 1. The van der Waals surface area contributed by atoms with Crippen molar-refractivity contribution in [1.29, 1.82) is 5.26 Å². The number of hydrogen-bond acceptors (Lipinski definition) is 2. The summed E-state index contributed by atoms with van der Waals surface area (Å²) in [5.74, 6) is 0. The highest BCUT2D eigenvalue weighted by atomic mass is 15.3. The summed E-state index contributed by atoms with van der Waals surface area (Å²) in [4.78, 5) is 0. The zero-order chi connectivity index (χ0) is 15.8. The average molecular weight is 281 g/mol. The average Bonchev–Trinajstić information content (AvgIpc) is 2.83. The monoisotopic (exact) mass is 281 g/mol. The summed E-state index contributed by atoms with van der Waals surface area (Å²) in [5, 5.41) is 13.9. The van der Waals surface area contributed by atoms with Crippen LogP contribution < -0.4 is 0 Å². The van der Waals surface area contributed by atoms with Crippen LogP contribution in [0.15, 0.2) is 30.3 Å². The lowest BCUT2D eigenvalue weighted by molar-refractivity contribution is 0.537. The molecule has 1 aromatic carbocycles. The van der Waals surface area contributed by atoms with E-state index in [4.69, 9.17) is 10.4 Å². The molecule has 2 aromatic rings. The fourth-order valence-electron chi connectivity index (χ4n) is 2.19. The molecule has 0 bridgehead atoms. The third-order valence-electron chi connectivity index (χ3n) is 3.47. The SMILES string of the molecule is CC(C)(C)c1cc(C(C)(C)C)n(-c2cccc(C#N)c2)n1. The van der Waals surface area contributed by atoms with Gasteiger partial charge in [-0.1, -0.05) is 47.6 Å². The minimum atomic E-state index is -0.0147. The molecule has 0 amide bonds. The molecule has 1 heterocycles. The van der Waals surface area contributed by atoms with Crippen LogP contribution in [0.2, 0.25) is 0 Å². The third kappa shape index (κ3) is 3.16. The van der Waals surface area contributed by atoms with Gasteiger partial charge in [0.05, 0.1) is 23.0 Å². The number of nitrogens with zero attached hydrogens (tertiary/aromatic N) is 3. The van der Waals surface area contributed by atoms with Crippen LogP contribution in [-0.4, -0.2) is 9.78 Å². The van der Waals surface area contributed by atoms with E-state index in [2.05, 4.69) is 53.7 Å². The molecule has 3 nitrogen and oxygen atoms in total. The van der Waals surface area contributed by atoms with Gasteiger partial charge in [0, 0.05) is 16.5 Å². The molecule has 0 aliphatic carbocycles. The van der Waals surface area contributed by atoms with Gasteiger partial charge < -0.3 is 0 Å². The van der Waals surface area contributed by atoms with Crippen molar-refractivity contribution < 1.29 is 0 Å². The summed E-state index contributed by atoms with van der Waals surface area (Å²) in [6, 6.07) is 12.0. The number of hydrogen-bond donors (Lipinski definition) is 0. The second-order valence-electron chi connectivity index (χ2n) is 7.49. The van der Waals surface area contributed by atoms with E-state index in [1.165, 1.54) is 0 Å².